The van der Waals surface area contributed by atoms with E-state index >= 15 is 0 Å². The molecule has 3 nitrogen and oxygen atoms in total. The number of nitrogens with zero attached hydrogens (tertiary/aromatic N) is 2. The highest BCUT2D eigenvalue weighted by Crippen LogP contribution is 2.23. The van der Waals surface area contributed by atoms with Gasteiger partial charge in [0.2, 0.25) is 0 Å². The first-order chi connectivity index (χ1) is 13.4. The summed E-state index contributed by atoms with van der Waals surface area (Å²) < 4.78 is 0. The number of hydrogen-bond acceptors (Lipinski definition) is 3. The summed E-state index contributed by atoms with van der Waals surface area (Å²) in [7, 11) is 2.22. The molecule has 0 aliphatic heterocycles. The fourth-order valence-corrected chi connectivity index (χ4v) is 4.45. The molecule has 154 valence electrons. The molecule has 1 heterocycles. The number of benzene rings is 1. The van der Waals surface area contributed by atoms with E-state index in [-0.39, 0.29) is 0 Å². The van der Waals surface area contributed by atoms with Gasteiger partial charge in [-0.2, -0.15) is 0 Å². The zero-order valence-corrected chi connectivity index (χ0v) is 19.7. The van der Waals surface area contributed by atoms with Gasteiger partial charge in [0.25, 0.3) is 0 Å². The lowest BCUT2D eigenvalue weighted by Gasteiger charge is -2.27. The van der Waals surface area contributed by atoms with Gasteiger partial charge in [0, 0.05) is 17.1 Å². The van der Waals surface area contributed by atoms with Gasteiger partial charge in [0.05, 0.1) is 6.54 Å². The minimum atomic E-state index is 0.819. The third kappa shape index (κ3) is 7.19. The molecule has 0 aliphatic carbocycles. The number of rotatable bonds is 10. The molecule has 0 spiro atoms. The Labute approximate surface area is 180 Å². The molecule has 1 N–H and O–H groups in total. The van der Waals surface area contributed by atoms with E-state index in [4.69, 9.17) is 12.2 Å². The number of unbranched alkanes of at least 4 members (excludes halogenated alkanes) is 1. The lowest BCUT2D eigenvalue weighted by atomic mass is 10.1. The topological polar surface area (TPSA) is 18.5 Å². The average Bonchev–Trinajstić information content (AvgIpc) is 3.15. The van der Waals surface area contributed by atoms with Gasteiger partial charge < -0.3 is 15.1 Å². The molecule has 0 radical (unpaired) electrons. The third-order valence-electron chi connectivity index (χ3n) is 4.98. The first-order valence-corrected chi connectivity index (χ1v) is 11.5. The van der Waals surface area contributed by atoms with Gasteiger partial charge in [0.15, 0.2) is 5.11 Å². The van der Waals surface area contributed by atoms with E-state index in [0.717, 1.165) is 36.9 Å². The maximum atomic E-state index is 5.84. The Kier molecular flexibility index (Phi) is 9.42. The van der Waals surface area contributed by atoms with Crippen LogP contribution < -0.4 is 5.32 Å². The van der Waals surface area contributed by atoms with Crippen molar-refractivity contribution >= 4 is 34.4 Å². The van der Waals surface area contributed by atoms with Crippen LogP contribution in [-0.4, -0.2) is 41.6 Å². The van der Waals surface area contributed by atoms with Crippen molar-refractivity contribution in [3.8, 4) is 0 Å². The smallest absolute Gasteiger partial charge is 0.173 e. The molecule has 2 aromatic rings. The van der Waals surface area contributed by atoms with Crippen LogP contribution in [-0.2, 0) is 6.54 Å². The SMILES string of the molecule is CCCCN(C)CCCN(Cc1cccs1)C(=S)Nc1c(C)cc(C)cc1C. The van der Waals surface area contributed by atoms with Crippen molar-refractivity contribution in [2.24, 2.45) is 0 Å². The summed E-state index contributed by atoms with van der Waals surface area (Å²) in [5.41, 5.74) is 4.93. The van der Waals surface area contributed by atoms with Crippen LogP contribution in [0.3, 0.4) is 0 Å². The van der Waals surface area contributed by atoms with Crippen LogP contribution in [0, 0.1) is 20.8 Å². The van der Waals surface area contributed by atoms with E-state index in [9.17, 15) is 0 Å². The van der Waals surface area contributed by atoms with E-state index in [0.29, 0.717) is 0 Å². The molecule has 0 unspecified atom stereocenters. The largest absolute Gasteiger partial charge is 0.344 e. The van der Waals surface area contributed by atoms with Crippen LogP contribution in [0.5, 0.6) is 0 Å². The van der Waals surface area contributed by atoms with Crippen molar-refractivity contribution < 1.29 is 0 Å². The summed E-state index contributed by atoms with van der Waals surface area (Å²) in [6.45, 7) is 12.8. The van der Waals surface area contributed by atoms with Crippen LogP contribution in [0.2, 0.25) is 0 Å². The summed E-state index contributed by atoms with van der Waals surface area (Å²) in [5.74, 6) is 0. The molecular formula is C23H35N3S2. The Bertz CT molecular complexity index is 717. The molecule has 1 aromatic carbocycles. The van der Waals surface area contributed by atoms with Gasteiger partial charge in [0.1, 0.15) is 0 Å². The molecule has 0 saturated heterocycles. The average molecular weight is 418 g/mol. The minimum Gasteiger partial charge on any atom is -0.344 e. The Balaban J connectivity index is 2.02. The first kappa shape index (κ1) is 22.9. The molecular weight excluding hydrogens is 382 g/mol. The highest BCUT2D eigenvalue weighted by molar-refractivity contribution is 7.80. The number of thiocarbonyl (C=S) groups is 1. The van der Waals surface area contributed by atoms with Crippen LogP contribution in [0.4, 0.5) is 5.69 Å². The molecule has 0 atom stereocenters. The number of nitrogens with one attached hydrogen (secondary N) is 1. The van der Waals surface area contributed by atoms with Crippen molar-refractivity contribution in [1.29, 1.82) is 0 Å². The minimum absolute atomic E-state index is 0.819. The van der Waals surface area contributed by atoms with Gasteiger partial charge in [-0.1, -0.05) is 37.1 Å². The van der Waals surface area contributed by atoms with Crippen molar-refractivity contribution in [1.82, 2.24) is 9.80 Å². The molecule has 0 saturated carbocycles. The molecule has 1 aromatic heterocycles. The normalized spacial score (nSPS) is 11.1. The van der Waals surface area contributed by atoms with E-state index in [1.807, 2.05) is 0 Å². The molecule has 5 heteroatoms. The van der Waals surface area contributed by atoms with E-state index in [2.05, 4.69) is 79.5 Å². The number of aryl methyl sites for hydroxylation is 3. The zero-order valence-electron chi connectivity index (χ0n) is 18.0. The van der Waals surface area contributed by atoms with E-state index < -0.39 is 0 Å². The van der Waals surface area contributed by atoms with E-state index in [1.54, 1.807) is 11.3 Å². The van der Waals surface area contributed by atoms with Crippen LogP contribution in [0.25, 0.3) is 0 Å². The summed E-state index contributed by atoms with van der Waals surface area (Å²) in [4.78, 5) is 6.09. The third-order valence-corrected chi connectivity index (χ3v) is 6.21. The van der Waals surface area contributed by atoms with Crippen molar-refractivity contribution in [3.63, 3.8) is 0 Å². The second kappa shape index (κ2) is 11.5. The molecule has 28 heavy (non-hydrogen) atoms. The maximum Gasteiger partial charge on any atom is 0.173 e. The highest BCUT2D eigenvalue weighted by Gasteiger charge is 2.14. The van der Waals surface area contributed by atoms with Gasteiger partial charge in [-0.15, -0.1) is 11.3 Å². The lowest BCUT2D eigenvalue weighted by molar-refractivity contribution is 0.300. The number of thiophene rings is 1. The fraction of sp³-hybridized carbons (Fsp3) is 0.522. The van der Waals surface area contributed by atoms with Crippen LogP contribution >= 0.6 is 23.6 Å². The summed E-state index contributed by atoms with van der Waals surface area (Å²) in [6.07, 6.45) is 3.62. The van der Waals surface area contributed by atoms with Crippen LogP contribution in [0.15, 0.2) is 29.6 Å². The van der Waals surface area contributed by atoms with Gasteiger partial charge >= 0.3 is 0 Å². The fourth-order valence-electron chi connectivity index (χ4n) is 3.48. The van der Waals surface area contributed by atoms with Gasteiger partial charge in [-0.25, -0.2) is 0 Å². The van der Waals surface area contributed by atoms with Crippen molar-refractivity contribution in [2.45, 2.75) is 53.5 Å². The van der Waals surface area contributed by atoms with E-state index in [1.165, 1.54) is 41.0 Å². The Hall–Kier alpha value is -1.43. The lowest BCUT2D eigenvalue weighted by Crippen LogP contribution is -2.36. The maximum absolute atomic E-state index is 5.84. The zero-order chi connectivity index (χ0) is 20.5. The van der Waals surface area contributed by atoms with Crippen molar-refractivity contribution in [3.05, 3.63) is 51.2 Å². The van der Waals surface area contributed by atoms with Crippen molar-refractivity contribution in [2.75, 3.05) is 32.0 Å². The predicted molar refractivity (Wildman–Crippen MR) is 129 cm³/mol. The Morgan fingerprint density at radius 1 is 1.07 bits per heavy atom. The standard InChI is InChI=1S/C23H35N3S2/c1-6-7-11-25(5)12-9-13-26(17-21-10-8-14-28-21)23(27)24-22-19(3)15-18(2)16-20(22)4/h8,10,14-16H,6-7,9,11-13,17H2,1-5H3,(H,24,27). The summed E-state index contributed by atoms with van der Waals surface area (Å²) in [5, 5.41) is 6.49. The summed E-state index contributed by atoms with van der Waals surface area (Å²) in [6, 6.07) is 8.73. The van der Waals surface area contributed by atoms with Gasteiger partial charge in [-0.05, 0) is 88.5 Å². The summed E-state index contributed by atoms with van der Waals surface area (Å²) >= 11 is 7.63. The number of anilines is 1. The Morgan fingerprint density at radius 3 is 2.36 bits per heavy atom. The molecule has 0 bridgehead atoms. The second-order valence-corrected chi connectivity index (χ2v) is 9.13. The Morgan fingerprint density at radius 2 is 1.75 bits per heavy atom. The quantitative estimate of drug-likeness (QED) is 0.478. The predicted octanol–water partition coefficient (Wildman–Crippen LogP) is 5.99. The first-order valence-electron chi connectivity index (χ1n) is 10.3. The number of hydrogen-bond donors (Lipinski definition) is 1. The second-order valence-electron chi connectivity index (χ2n) is 7.72. The monoisotopic (exact) mass is 417 g/mol. The molecule has 0 amide bonds. The molecule has 0 fully saturated rings. The highest BCUT2D eigenvalue weighted by atomic mass is 32.1. The van der Waals surface area contributed by atoms with Crippen LogP contribution in [0.1, 0.15) is 47.8 Å². The molecule has 2 rings (SSSR count). The van der Waals surface area contributed by atoms with Gasteiger partial charge in [-0.3, -0.25) is 0 Å². The molecule has 0 aliphatic rings.